The summed E-state index contributed by atoms with van der Waals surface area (Å²) >= 11 is 1.48. The van der Waals surface area contributed by atoms with Crippen molar-refractivity contribution in [1.29, 1.82) is 0 Å². The summed E-state index contributed by atoms with van der Waals surface area (Å²) in [5.41, 5.74) is 0.854. The van der Waals surface area contributed by atoms with E-state index in [0.717, 1.165) is 5.56 Å². The number of non-ortho nitro benzene ring substituents is 1. The number of methoxy groups -OCH3 is 1. The highest BCUT2D eigenvalue weighted by atomic mass is 32.2. The number of hydrogen-bond acceptors (Lipinski definition) is 8. The van der Waals surface area contributed by atoms with Crippen molar-refractivity contribution in [2.45, 2.75) is 11.4 Å². The number of carbonyl (C=O) groups is 2. The number of ether oxygens (including phenoxy) is 2. The molecule has 1 saturated heterocycles. The van der Waals surface area contributed by atoms with Gasteiger partial charge >= 0.3 is 5.97 Å². The lowest BCUT2D eigenvalue weighted by atomic mass is 10.1. The van der Waals surface area contributed by atoms with Gasteiger partial charge in [0.1, 0.15) is 12.0 Å². The molecule has 1 heterocycles. The summed E-state index contributed by atoms with van der Waals surface area (Å²) in [6, 6.07) is 9.43. The van der Waals surface area contributed by atoms with E-state index < -0.39 is 22.9 Å². The summed E-state index contributed by atoms with van der Waals surface area (Å²) in [4.78, 5) is 33.4. The monoisotopic (exact) mass is 404 g/mol. The van der Waals surface area contributed by atoms with Gasteiger partial charge in [0.2, 0.25) is 0 Å². The number of hydrogen-bond donors (Lipinski definition) is 1. The zero-order valence-electron chi connectivity index (χ0n) is 14.7. The number of esters is 1. The Morgan fingerprint density at radius 1 is 1.18 bits per heavy atom. The summed E-state index contributed by atoms with van der Waals surface area (Å²) < 4.78 is 10.6. The molecule has 0 spiro atoms. The summed E-state index contributed by atoms with van der Waals surface area (Å²) in [6.45, 7) is 0. The van der Waals surface area contributed by atoms with E-state index in [0.29, 0.717) is 11.5 Å². The van der Waals surface area contributed by atoms with Gasteiger partial charge in [-0.3, -0.25) is 10.1 Å². The predicted octanol–water partition coefficient (Wildman–Crippen LogP) is 0.250. The number of nitro groups is 1. The van der Waals surface area contributed by atoms with Crippen molar-refractivity contribution in [3.05, 3.63) is 63.7 Å². The molecular formula is C18H16N2O7S. The predicted molar refractivity (Wildman–Crippen MR) is 97.0 cm³/mol. The number of carboxylic acid groups (broad SMARTS) is 1. The lowest BCUT2D eigenvalue weighted by Gasteiger charge is -2.14. The van der Waals surface area contributed by atoms with E-state index in [2.05, 4.69) is 0 Å². The summed E-state index contributed by atoms with van der Waals surface area (Å²) in [5.74, 6) is -0.838. The van der Waals surface area contributed by atoms with Crippen LogP contribution in [0.5, 0.6) is 11.5 Å². The van der Waals surface area contributed by atoms with Crippen molar-refractivity contribution in [2.24, 2.45) is 0 Å². The first-order chi connectivity index (χ1) is 13.4. The highest BCUT2D eigenvalue weighted by Crippen LogP contribution is 2.34. The van der Waals surface area contributed by atoms with Crippen molar-refractivity contribution in [2.75, 3.05) is 12.9 Å². The van der Waals surface area contributed by atoms with Gasteiger partial charge in [0.05, 0.1) is 23.3 Å². The van der Waals surface area contributed by atoms with Crippen molar-refractivity contribution in [3.8, 4) is 11.5 Å². The molecule has 0 bridgehead atoms. The number of nitro benzene ring substituents is 1. The molecule has 3 rings (SSSR count). The lowest BCUT2D eigenvalue weighted by molar-refractivity contribution is -0.690. The minimum absolute atomic E-state index is 0.126. The molecular weight excluding hydrogens is 388 g/mol. The molecule has 0 aromatic heterocycles. The Morgan fingerprint density at radius 3 is 2.46 bits per heavy atom. The van der Waals surface area contributed by atoms with E-state index in [9.17, 15) is 24.8 Å². The molecule has 2 N–H and O–H groups in total. The summed E-state index contributed by atoms with van der Waals surface area (Å²) in [7, 11) is 1.43. The van der Waals surface area contributed by atoms with E-state index in [1.165, 1.54) is 43.1 Å². The Kier molecular flexibility index (Phi) is 5.81. The molecule has 28 heavy (non-hydrogen) atoms. The standard InChI is InChI=1S/C18H16N2O7S/c1-26-15-8-11(16-19-13(9-28-16)17(21)22)4-7-14(15)27-18(23)10-2-5-12(6-3-10)20(24)25/h2-8,13,16,19H,9H2,1H3,(H,21,22)/t13-,16+/m0/s1. The maximum absolute atomic E-state index is 12.3. The zero-order chi connectivity index (χ0) is 20.3. The Hall–Kier alpha value is -3.11. The Morgan fingerprint density at radius 2 is 1.89 bits per heavy atom. The average Bonchev–Trinajstić information content (AvgIpc) is 3.19. The van der Waals surface area contributed by atoms with Gasteiger partial charge in [-0.1, -0.05) is 11.8 Å². The minimum Gasteiger partial charge on any atom is -0.544 e. The number of nitrogens with two attached hydrogens (primary N) is 1. The number of rotatable bonds is 6. The fourth-order valence-corrected chi connectivity index (χ4v) is 4.01. The first kappa shape index (κ1) is 19.6. The molecule has 1 aliphatic heterocycles. The van der Waals surface area contributed by atoms with Crippen molar-refractivity contribution in [1.82, 2.24) is 0 Å². The van der Waals surface area contributed by atoms with Gasteiger partial charge in [-0.25, -0.2) is 4.79 Å². The molecule has 9 nitrogen and oxygen atoms in total. The van der Waals surface area contributed by atoms with E-state index in [4.69, 9.17) is 9.47 Å². The first-order valence-corrected chi connectivity index (χ1v) is 9.26. The molecule has 146 valence electrons. The second-order valence-electron chi connectivity index (χ2n) is 5.98. The van der Waals surface area contributed by atoms with Gasteiger partial charge in [-0.15, -0.1) is 0 Å². The highest BCUT2D eigenvalue weighted by molar-refractivity contribution is 7.99. The van der Waals surface area contributed by atoms with E-state index in [1.54, 1.807) is 23.5 Å². The molecule has 0 radical (unpaired) electrons. The molecule has 10 heteroatoms. The van der Waals surface area contributed by atoms with Crippen LogP contribution in [0.2, 0.25) is 0 Å². The quantitative estimate of drug-likeness (QED) is 0.313. The lowest BCUT2D eigenvalue weighted by Crippen LogP contribution is -2.90. The van der Waals surface area contributed by atoms with Crippen molar-refractivity contribution >= 4 is 29.4 Å². The van der Waals surface area contributed by atoms with E-state index >= 15 is 0 Å². The molecule has 2 atom stereocenters. The highest BCUT2D eigenvalue weighted by Gasteiger charge is 2.31. The van der Waals surface area contributed by atoms with E-state index in [1.807, 2.05) is 0 Å². The summed E-state index contributed by atoms with van der Waals surface area (Å²) in [5, 5.41) is 23.3. The Bertz CT molecular complexity index is 917. The fraction of sp³-hybridized carbons (Fsp3) is 0.222. The summed E-state index contributed by atoms with van der Waals surface area (Å²) in [6.07, 6.45) is 0. The number of carbonyl (C=O) groups excluding carboxylic acids is 2. The molecule has 2 aromatic carbocycles. The van der Waals surface area contributed by atoms with E-state index in [-0.39, 0.29) is 22.4 Å². The van der Waals surface area contributed by atoms with Gasteiger partial charge in [0, 0.05) is 17.7 Å². The van der Waals surface area contributed by atoms with Gasteiger partial charge in [0.15, 0.2) is 16.9 Å². The number of carboxylic acids is 1. The second-order valence-corrected chi connectivity index (χ2v) is 7.15. The van der Waals surface area contributed by atoms with Crippen molar-refractivity contribution in [3.63, 3.8) is 0 Å². The van der Waals surface area contributed by atoms with Gasteiger partial charge in [0.25, 0.3) is 5.69 Å². The molecule has 0 saturated carbocycles. The normalized spacial score (nSPS) is 18.5. The van der Waals surface area contributed by atoms with Crippen LogP contribution in [0, 0.1) is 10.1 Å². The maximum atomic E-state index is 12.3. The van der Waals surface area contributed by atoms with Crippen molar-refractivity contribution < 1.29 is 34.4 Å². The van der Waals surface area contributed by atoms with Crippen LogP contribution in [0.25, 0.3) is 0 Å². The molecule has 2 aromatic rings. The Labute approximate surface area is 163 Å². The largest absolute Gasteiger partial charge is 0.544 e. The van der Waals surface area contributed by atoms with Crippen LogP contribution in [-0.2, 0) is 4.79 Å². The number of thioether (sulfide) groups is 1. The smallest absolute Gasteiger partial charge is 0.343 e. The zero-order valence-corrected chi connectivity index (χ0v) is 15.5. The van der Waals surface area contributed by atoms with Gasteiger partial charge < -0.3 is 24.7 Å². The molecule has 1 aliphatic rings. The van der Waals surface area contributed by atoms with Crippen LogP contribution >= 0.6 is 11.8 Å². The molecule has 0 amide bonds. The van der Waals surface area contributed by atoms with Crippen LogP contribution in [0.4, 0.5) is 5.69 Å². The number of quaternary nitrogens is 1. The first-order valence-electron chi connectivity index (χ1n) is 8.21. The van der Waals surface area contributed by atoms with Crippen LogP contribution in [0.1, 0.15) is 21.3 Å². The number of aliphatic carboxylic acids is 1. The minimum atomic E-state index is -1.10. The number of nitrogens with zero attached hydrogens (tertiary/aromatic N) is 1. The van der Waals surface area contributed by atoms with Crippen LogP contribution < -0.4 is 19.9 Å². The second kappa shape index (κ2) is 8.28. The average molecular weight is 404 g/mol. The third-order valence-corrected chi connectivity index (χ3v) is 5.54. The molecule has 1 fully saturated rings. The molecule has 0 aliphatic carbocycles. The Balaban J connectivity index is 1.74. The SMILES string of the molecule is COc1cc([C@@H]2[NH2+][C@H](C(=O)[O-])CS2)ccc1OC(=O)c1ccc([N+](=O)[O-])cc1. The maximum Gasteiger partial charge on any atom is 0.343 e. The fourth-order valence-electron chi connectivity index (χ4n) is 2.71. The van der Waals surface area contributed by atoms with Crippen LogP contribution in [0.15, 0.2) is 42.5 Å². The van der Waals surface area contributed by atoms with Crippen LogP contribution in [0.3, 0.4) is 0 Å². The van der Waals surface area contributed by atoms with Gasteiger partial charge in [-0.05, 0) is 30.3 Å². The van der Waals surface area contributed by atoms with Gasteiger partial charge in [-0.2, -0.15) is 0 Å². The molecule has 0 unspecified atom stereocenters. The topological polar surface area (TPSA) is 135 Å². The third kappa shape index (κ3) is 4.24. The number of benzene rings is 2. The third-order valence-electron chi connectivity index (χ3n) is 4.20. The van der Waals surface area contributed by atoms with Crippen LogP contribution in [-0.4, -0.2) is 35.8 Å².